The Kier molecular flexibility index (Phi) is 2.68. The molecule has 0 saturated carbocycles. The van der Waals surface area contributed by atoms with Gasteiger partial charge in [0.05, 0.1) is 11.3 Å². The van der Waals surface area contributed by atoms with Crippen LogP contribution in [0.15, 0.2) is 18.2 Å². The molecule has 1 aliphatic rings. The summed E-state index contributed by atoms with van der Waals surface area (Å²) in [5, 5.41) is 22.9. The van der Waals surface area contributed by atoms with Gasteiger partial charge in [0.25, 0.3) is 0 Å². The largest absolute Gasteiger partial charge is 0.506 e. The quantitative estimate of drug-likeness (QED) is 0.708. The Morgan fingerprint density at radius 2 is 2.19 bits per heavy atom. The number of β-amino-alcohol motifs (C(OH)–C–C–N with tert-alkyl or cyclic N) is 1. The van der Waals surface area contributed by atoms with Gasteiger partial charge in [-0.2, -0.15) is 0 Å². The average Bonchev–Trinajstić information content (AvgIpc) is 2.15. The van der Waals surface area contributed by atoms with Gasteiger partial charge in [-0.25, -0.2) is 0 Å². The van der Waals surface area contributed by atoms with Crippen LogP contribution in [0.5, 0.6) is 5.75 Å². The van der Waals surface area contributed by atoms with Crippen LogP contribution < -0.4 is 10.2 Å². The highest BCUT2D eigenvalue weighted by molar-refractivity contribution is 5.78. The molecule has 3 N–H and O–H groups in total. The van der Waals surface area contributed by atoms with Crippen molar-refractivity contribution in [1.29, 1.82) is 0 Å². The summed E-state index contributed by atoms with van der Waals surface area (Å²) < 4.78 is 0. The maximum absolute atomic E-state index is 9.86. The van der Waals surface area contributed by atoms with Crippen molar-refractivity contribution in [3.05, 3.63) is 18.2 Å². The molecule has 0 atom stereocenters. The molecule has 2 rings (SSSR count). The van der Waals surface area contributed by atoms with Crippen molar-refractivity contribution in [2.75, 3.05) is 29.9 Å². The van der Waals surface area contributed by atoms with Crippen molar-refractivity contribution in [2.45, 2.75) is 19.4 Å². The summed E-state index contributed by atoms with van der Waals surface area (Å²) in [6.45, 7) is 5.67. The minimum atomic E-state index is -0.767. The molecule has 1 aromatic rings. The first-order valence-electron chi connectivity index (χ1n) is 5.50. The summed E-state index contributed by atoms with van der Waals surface area (Å²) >= 11 is 0. The molecule has 4 nitrogen and oxygen atoms in total. The Hall–Kier alpha value is -1.42. The first kappa shape index (κ1) is 11.1. The lowest BCUT2D eigenvalue weighted by atomic mass is 10.1. The topological polar surface area (TPSA) is 55.7 Å². The van der Waals surface area contributed by atoms with E-state index in [0.717, 1.165) is 24.5 Å². The fourth-order valence-electron chi connectivity index (χ4n) is 2.07. The second-order valence-electron chi connectivity index (χ2n) is 4.83. The van der Waals surface area contributed by atoms with E-state index in [4.69, 9.17) is 0 Å². The van der Waals surface area contributed by atoms with Gasteiger partial charge in [0, 0.05) is 19.6 Å². The number of hydrogen-bond acceptors (Lipinski definition) is 4. The molecule has 1 aliphatic heterocycles. The van der Waals surface area contributed by atoms with E-state index in [2.05, 4.69) is 5.32 Å². The molecule has 0 aliphatic carbocycles. The number of fused-ring (bicyclic) bond motifs is 1. The highest BCUT2D eigenvalue weighted by Crippen LogP contribution is 2.37. The third-order valence-corrected chi connectivity index (χ3v) is 2.61. The molecular weight excluding hydrogens is 204 g/mol. The molecule has 1 heterocycles. The molecule has 0 unspecified atom stereocenters. The number of para-hydroxylation sites is 1. The van der Waals surface area contributed by atoms with Crippen LogP contribution in [0.1, 0.15) is 13.8 Å². The Morgan fingerprint density at radius 1 is 1.44 bits per heavy atom. The number of aromatic hydroxyl groups is 1. The second-order valence-corrected chi connectivity index (χ2v) is 4.83. The number of nitrogens with one attached hydrogen (secondary N) is 1. The SMILES string of the molecule is CC(C)(O)CN1CCNc2cccc(O)c21. The van der Waals surface area contributed by atoms with Gasteiger partial charge < -0.3 is 20.4 Å². The summed E-state index contributed by atoms with van der Waals surface area (Å²) in [4.78, 5) is 2.02. The fourth-order valence-corrected chi connectivity index (χ4v) is 2.07. The smallest absolute Gasteiger partial charge is 0.141 e. The first-order valence-corrected chi connectivity index (χ1v) is 5.50. The number of phenols is 1. The van der Waals surface area contributed by atoms with Gasteiger partial charge in [-0.1, -0.05) is 6.07 Å². The Balaban J connectivity index is 2.32. The maximum Gasteiger partial charge on any atom is 0.141 e. The summed E-state index contributed by atoms with van der Waals surface area (Å²) in [6.07, 6.45) is 0. The Morgan fingerprint density at radius 3 is 2.88 bits per heavy atom. The number of aliphatic hydroxyl groups is 1. The van der Waals surface area contributed by atoms with Gasteiger partial charge in [-0.05, 0) is 26.0 Å². The van der Waals surface area contributed by atoms with E-state index in [9.17, 15) is 10.2 Å². The van der Waals surface area contributed by atoms with Crippen molar-refractivity contribution in [1.82, 2.24) is 0 Å². The molecular formula is C12H18N2O2. The maximum atomic E-state index is 9.86. The molecule has 16 heavy (non-hydrogen) atoms. The van der Waals surface area contributed by atoms with Crippen LogP contribution in [0.4, 0.5) is 11.4 Å². The molecule has 0 aromatic heterocycles. The molecule has 0 radical (unpaired) electrons. The summed E-state index contributed by atoms with van der Waals surface area (Å²) in [5.74, 6) is 0.258. The zero-order valence-electron chi connectivity index (χ0n) is 9.70. The van der Waals surface area contributed by atoms with Crippen LogP contribution in [-0.4, -0.2) is 35.4 Å². The number of benzene rings is 1. The third-order valence-electron chi connectivity index (χ3n) is 2.61. The predicted octanol–water partition coefficient (Wildman–Crippen LogP) is 1.39. The molecule has 0 amide bonds. The number of hydrogen-bond donors (Lipinski definition) is 3. The zero-order valence-corrected chi connectivity index (χ0v) is 9.70. The van der Waals surface area contributed by atoms with Crippen molar-refractivity contribution in [3.63, 3.8) is 0 Å². The lowest BCUT2D eigenvalue weighted by Crippen LogP contribution is -2.43. The van der Waals surface area contributed by atoms with Gasteiger partial charge >= 0.3 is 0 Å². The molecule has 4 heteroatoms. The molecule has 0 bridgehead atoms. The summed E-state index contributed by atoms with van der Waals surface area (Å²) in [5.41, 5.74) is 0.947. The summed E-state index contributed by atoms with van der Waals surface area (Å²) in [6, 6.07) is 5.42. The van der Waals surface area contributed by atoms with Crippen LogP contribution in [0.3, 0.4) is 0 Å². The standard InChI is InChI=1S/C12H18N2O2/c1-12(2,16)8-14-7-6-13-9-4-3-5-10(15)11(9)14/h3-5,13,15-16H,6-8H2,1-2H3. The van der Waals surface area contributed by atoms with Gasteiger partial charge in [-0.15, -0.1) is 0 Å². The Bertz CT molecular complexity index is 385. The van der Waals surface area contributed by atoms with E-state index < -0.39 is 5.60 Å². The molecule has 1 aromatic carbocycles. The number of nitrogens with zero attached hydrogens (tertiary/aromatic N) is 1. The second kappa shape index (κ2) is 3.87. The van der Waals surface area contributed by atoms with E-state index in [-0.39, 0.29) is 5.75 Å². The Labute approximate surface area is 95.5 Å². The number of rotatable bonds is 2. The van der Waals surface area contributed by atoms with Crippen molar-refractivity contribution < 1.29 is 10.2 Å². The molecule has 88 valence electrons. The normalized spacial score (nSPS) is 15.6. The van der Waals surface area contributed by atoms with E-state index >= 15 is 0 Å². The number of phenolic OH excluding ortho intramolecular Hbond substituents is 1. The monoisotopic (exact) mass is 222 g/mol. The van der Waals surface area contributed by atoms with E-state index in [1.54, 1.807) is 19.9 Å². The highest BCUT2D eigenvalue weighted by atomic mass is 16.3. The van der Waals surface area contributed by atoms with Crippen LogP contribution in [0, 0.1) is 0 Å². The first-order chi connectivity index (χ1) is 7.47. The molecule has 0 saturated heterocycles. The number of anilines is 2. The van der Waals surface area contributed by atoms with Crippen LogP contribution >= 0.6 is 0 Å². The highest BCUT2D eigenvalue weighted by Gasteiger charge is 2.24. The van der Waals surface area contributed by atoms with Crippen LogP contribution in [0.2, 0.25) is 0 Å². The minimum Gasteiger partial charge on any atom is -0.506 e. The van der Waals surface area contributed by atoms with E-state index in [0.29, 0.717) is 6.54 Å². The molecule has 0 fully saturated rings. The predicted molar refractivity (Wildman–Crippen MR) is 65.1 cm³/mol. The van der Waals surface area contributed by atoms with Crippen LogP contribution in [0.25, 0.3) is 0 Å². The van der Waals surface area contributed by atoms with Crippen LogP contribution in [-0.2, 0) is 0 Å². The van der Waals surface area contributed by atoms with Gasteiger partial charge in [0.2, 0.25) is 0 Å². The van der Waals surface area contributed by atoms with E-state index in [1.807, 2.05) is 17.0 Å². The van der Waals surface area contributed by atoms with Gasteiger partial charge in [0.1, 0.15) is 11.4 Å². The molecule has 0 spiro atoms. The third kappa shape index (κ3) is 2.22. The average molecular weight is 222 g/mol. The van der Waals surface area contributed by atoms with Crippen molar-refractivity contribution in [3.8, 4) is 5.75 Å². The van der Waals surface area contributed by atoms with Crippen molar-refractivity contribution >= 4 is 11.4 Å². The summed E-state index contributed by atoms with van der Waals surface area (Å²) in [7, 11) is 0. The zero-order chi connectivity index (χ0) is 11.8. The lowest BCUT2D eigenvalue weighted by Gasteiger charge is -2.36. The van der Waals surface area contributed by atoms with E-state index in [1.165, 1.54) is 0 Å². The van der Waals surface area contributed by atoms with Crippen molar-refractivity contribution in [2.24, 2.45) is 0 Å². The minimum absolute atomic E-state index is 0.258. The van der Waals surface area contributed by atoms with Gasteiger partial charge in [0.15, 0.2) is 0 Å². The lowest BCUT2D eigenvalue weighted by molar-refractivity contribution is 0.0873. The van der Waals surface area contributed by atoms with Gasteiger partial charge in [-0.3, -0.25) is 0 Å². The fraction of sp³-hybridized carbons (Fsp3) is 0.500.